The number of carbonyl (C=O) groups is 1. The van der Waals surface area contributed by atoms with Crippen LogP contribution in [0.1, 0.15) is 18.4 Å². The molecule has 1 aliphatic heterocycles. The molecule has 1 unspecified atom stereocenters. The minimum absolute atomic E-state index is 0.0413. The summed E-state index contributed by atoms with van der Waals surface area (Å²) in [6.07, 6.45) is 5.43. The number of amides is 1. The molecule has 132 valence electrons. The van der Waals surface area contributed by atoms with E-state index in [0.717, 1.165) is 30.8 Å². The van der Waals surface area contributed by atoms with Gasteiger partial charge >= 0.3 is 0 Å². The summed E-state index contributed by atoms with van der Waals surface area (Å²) >= 11 is 1.51. The highest BCUT2D eigenvalue weighted by Crippen LogP contribution is 2.18. The average Bonchev–Trinajstić information content (AvgIpc) is 2.63. The number of halogens is 1. The molecule has 0 spiro atoms. The third-order valence-electron chi connectivity index (χ3n) is 4.24. The molecular weight excluding hydrogens is 337 g/mol. The van der Waals surface area contributed by atoms with Crippen LogP contribution in [-0.4, -0.2) is 40.7 Å². The van der Waals surface area contributed by atoms with Gasteiger partial charge in [0.15, 0.2) is 0 Å². The van der Waals surface area contributed by atoms with Crippen molar-refractivity contribution in [3.8, 4) is 0 Å². The second kappa shape index (κ2) is 8.97. The van der Waals surface area contributed by atoms with Crippen LogP contribution in [0.15, 0.2) is 53.7 Å². The van der Waals surface area contributed by atoms with Gasteiger partial charge in [-0.15, -0.1) is 11.8 Å². The largest absolute Gasteiger partial charge is 0.351 e. The zero-order chi connectivity index (χ0) is 17.5. The first-order valence-corrected chi connectivity index (χ1v) is 9.47. The first-order chi connectivity index (χ1) is 12.2. The summed E-state index contributed by atoms with van der Waals surface area (Å²) in [6, 6.07) is 10.8. The Kier molecular flexibility index (Phi) is 6.42. The van der Waals surface area contributed by atoms with E-state index in [-0.39, 0.29) is 17.8 Å². The van der Waals surface area contributed by atoms with E-state index in [2.05, 4.69) is 15.2 Å². The van der Waals surface area contributed by atoms with Crippen molar-refractivity contribution in [2.75, 3.05) is 18.8 Å². The van der Waals surface area contributed by atoms with Crippen molar-refractivity contribution in [1.82, 2.24) is 15.2 Å². The van der Waals surface area contributed by atoms with Crippen molar-refractivity contribution in [3.63, 3.8) is 0 Å². The van der Waals surface area contributed by atoms with E-state index in [1.807, 2.05) is 24.3 Å². The molecule has 1 amide bonds. The highest BCUT2D eigenvalue weighted by molar-refractivity contribution is 8.00. The smallest absolute Gasteiger partial charge is 0.230 e. The number of thioether (sulfide) groups is 1. The minimum atomic E-state index is -0.164. The Morgan fingerprint density at radius 3 is 2.88 bits per heavy atom. The second-order valence-electron chi connectivity index (χ2n) is 6.20. The van der Waals surface area contributed by atoms with Gasteiger partial charge in [-0.3, -0.25) is 14.7 Å². The fraction of sp³-hybridized carbons (Fsp3) is 0.368. The van der Waals surface area contributed by atoms with Crippen LogP contribution >= 0.6 is 11.8 Å². The number of nitrogens with one attached hydrogen (secondary N) is 1. The fourth-order valence-corrected chi connectivity index (χ4v) is 3.73. The van der Waals surface area contributed by atoms with Crippen LogP contribution < -0.4 is 5.32 Å². The number of hydrogen-bond donors (Lipinski definition) is 1. The quantitative estimate of drug-likeness (QED) is 0.805. The Morgan fingerprint density at radius 1 is 1.28 bits per heavy atom. The Morgan fingerprint density at radius 2 is 2.08 bits per heavy atom. The van der Waals surface area contributed by atoms with Crippen LogP contribution in [0.2, 0.25) is 0 Å². The molecule has 2 heterocycles. The first kappa shape index (κ1) is 17.9. The van der Waals surface area contributed by atoms with E-state index in [1.54, 1.807) is 18.5 Å². The fourth-order valence-electron chi connectivity index (χ4n) is 3.04. The van der Waals surface area contributed by atoms with Gasteiger partial charge in [-0.2, -0.15) is 0 Å². The van der Waals surface area contributed by atoms with Crippen LogP contribution in [0.5, 0.6) is 0 Å². The summed E-state index contributed by atoms with van der Waals surface area (Å²) in [5.41, 5.74) is 0.711. The molecule has 0 saturated carbocycles. The third kappa shape index (κ3) is 5.54. The predicted octanol–water partition coefficient (Wildman–Crippen LogP) is 3.09. The number of rotatable bonds is 6. The molecule has 0 radical (unpaired) electrons. The molecule has 0 bridgehead atoms. The SMILES string of the molecule is O=C(CSc1ccncc1)NC1CCCN(Cc2ccccc2F)C1. The summed E-state index contributed by atoms with van der Waals surface area (Å²) in [5.74, 6) is 0.273. The number of likely N-dealkylation sites (tertiary alicyclic amines) is 1. The molecular formula is C19H22FN3OS. The molecule has 1 N–H and O–H groups in total. The first-order valence-electron chi connectivity index (χ1n) is 8.48. The van der Waals surface area contributed by atoms with E-state index in [9.17, 15) is 9.18 Å². The van der Waals surface area contributed by atoms with Crippen molar-refractivity contribution in [3.05, 3.63) is 60.2 Å². The zero-order valence-corrected chi connectivity index (χ0v) is 14.8. The molecule has 1 fully saturated rings. The molecule has 1 atom stereocenters. The van der Waals surface area contributed by atoms with Crippen LogP contribution in [0, 0.1) is 5.82 Å². The number of benzene rings is 1. The average molecular weight is 359 g/mol. The van der Waals surface area contributed by atoms with Crippen molar-refractivity contribution in [2.24, 2.45) is 0 Å². The van der Waals surface area contributed by atoms with Gasteiger partial charge in [0.2, 0.25) is 5.91 Å². The summed E-state index contributed by atoms with van der Waals surface area (Å²) in [6.45, 7) is 2.29. The Labute approximate surface area is 151 Å². The van der Waals surface area contributed by atoms with Crippen molar-refractivity contribution >= 4 is 17.7 Å². The normalized spacial score (nSPS) is 18.0. The molecule has 6 heteroatoms. The Hall–Kier alpha value is -1.92. The summed E-state index contributed by atoms with van der Waals surface area (Å²) in [4.78, 5) is 19.4. The number of pyridine rings is 1. The molecule has 3 rings (SSSR count). The summed E-state index contributed by atoms with van der Waals surface area (Å²) in [5, 5.41) is 3.11. The number of nitrogens with zero attached hydrogens (tertiary/aromatic N) is 2. The van der Waals surface area contributed by atoms with E-state index >= 15 is 0 Å². The molecule has 1 aromatic heterocycles. The van der Waals surface area contributed by atoms with Crippen molar-refractivity contribution in [2.45, 2.75) is 30.3 Å². The lowest BCUT2D eigenvalue weighted by Gasteiger charge is -2.33. The number of carbonyl (C=O) groups excluding carboxylic acids is 1. The van der Waals surface area contributed by atoms with E-state index in [4.69, 9.17) is 0 Å². The lowest BCUT2D eigenvalue weighted by atomic mass is 10.0. The van der Waals surface area contributed by atoms with E-state index < -0.39 is 0 Å². The van der Waals surface area contributed by atoms with Gasteiger partial charge in [0, 0.05) is 42.0 Å². The van der Waals surface area contributed by atoms with Crippen LogP contribution in [-0.2, 0) is 11.3 Å². The predicted molar refractivity (Wildman–Crippen MR) is 97.8 cm³/mol. The van der Waals surface area contributed by atoms with Gasteiger partial charge in [0.05, 0.1) is 5.75 Å². The molecule has 1 aliphatic rings. The summed E-state index contributed by atoms with van der Waals surface area (Å²) in [7, 11) is 0. The van der Waals surface area contributed by atoms with Crippen molar-refractivity contribution in [1.29, 1.82) is 0 Å². The highest BCUT2D eigenvalue weighted by Gasteiger charge is 2.22. The maximum absolute atomic E-state index is 13.8. The summed E-state index contributed by atoms with van der Waals surface area (Å²) < 4.78 is 13.8. The van der Waals surface area contributed by atoms with Gasteiger partial charge in [0.25, 0.3) is 0 Å². The van der Waals surface area contributed by atoms with Crippen LogP contribution in [0.4, 0.5) is 4.39 Å². The van der Waals surface area contributed by atoms with E-state index in [1.165, 1.54) is 17.8 Å². The molecule has 2 aromatic rings. The maximum Gasteiger partial charge on any atom is 0.230 e. The van der Waals surface area contributed by atoms with E-state index in [0.29, 0.717) is 17.9 Å². The Bertz CT molecular complexity index is 698. The van der Waals surface area contributed by atoms with Crippen molar-refractivity contribution < 1.29 is 9.18 Å². The topological polar surface area (TPSA) is 45.2 Å². The molecule has 25 heavy (non-hydrogen) atoms. The number of aromatic nitrogens is 1. The minimum Gasteiger partial charge on any atom is -0.351 e. The zero-order valence-electron chi connectivity index (χ0n) is 14.0. The van der Waals surface area contributed by atoms with Gasteiger partial charge in [-0.25, -0.2) is 4.39 Å². The maximum atomic E-state index is 13.8. The van der Waals surface area contributed by atoms with Crippen LogP contribution in [0.3, 0.4) is 0 Å². The highest BCUT2D eigenvalue weighted by atomic mass is 32.2. The number of hydrogen-bond acceptors (Lipinski definition) is 4. The van der Waals surface area contributed by atoms with Crippen LogP contribution in [0.25, 0.3) is 0 Å². The molecule has 1 saturated heterocycles. The van der Waals surface area contributed by atoms with Gasteiger partial charge in [-0.1, -0.05) is 18.2 Å². The number of piperidine rings is 1. The Balaban J connectivity index is 1.46. The van der Waals surface area contributed by atoms with Gasteiger partial charge in [-0.05, 0) is 37.6 Å². The molecule has 1 aromatic carbocycles. The monoisotopic (exact) mass is 359 g/mol. The van der Waals surface area contributed by atoms with Gasteiger partial charge < -0.3 is 5.32 Å². The van der Waals surface area contributed by atoms with Gasteiger partial charge in [0.1, 0.15) is 5.82 Å². The second-order valence-corrected chi connectivity index (χ2v) is 7.25. The molecule has 0 aliphatic carbocycles. The lowest BCUT2D eigenvalue weighted by molar-refractivity contribution is -0.119. The molecule has 4 nitrogen and oxygen atoms in total. The third-order valence-corrected chi connectivity index (χ3v) is 5.25. The lowest BCUT2D eigenvalue weighted by Crippen LogP contribution is -2.47. The standard InChI is InChI=1S/C19H22FN3OS/c20-18-6-2-1-4-15(18)12-23-11-3-5-16(13-23)22-19(24)14-25-17-7-9-21-10-8-17/h1-2,4,6-10,16H,3,5,11-14H2,(H,22,24).